The average Bonchev–Trinajstić information content (AvgIpc) is 2.39. The van der Waals surface area contributed by atoms with Gasteiger partial charge in [0.2, 0.25) is 0 Å². The minimum absolute atomic E-state index is 0.818. The van der Waals surface area contributed by atoms with Crippen LogP contribution in [0.3, 0.4) is 0 Å². The van der Waals surface area contributed by atoms with Crippen LogP contribution in [0.1, 0.15) is 30.8 Å². The lowest BCUT2D eigenvalue weighted by Crippen LogP contribution is -2.13. The van der Waals surface area contributed by atoms with Crippen LogP contribution < -0.4 is 5.32 Å². The van der Waals surface area contributed by atoms with Crippen molar-refractivity contribution in [3.8, 4) is 0 Å². The monoisotopic (exact) mass is 207 g/mol. The summed E-state index contributed by atoms with van der Waals surface area (Å²) in [7, 11) is 0. The number of nitrogens with one attached hydrogen (secondary N) is 1. The second-order valence-corrected chi connectivity index (χ2v) is 4.04. The Hall–Kier alpha value is -1.09. The van der Waals surface area contributed by atoms with Crippen molar-refractivity contribution in [1.82, 2.24) is 15.1 Å². The van der Waals surface area contributed by atoms with Crippen molar-refractivity contribution in [3.05, 3.63) is 29.1 Å². The van der Waals surface area contributed by atoms with Gasteiger partial charge in [0.1, 0.15) is 0 Å². The van der Waals surface area contributed by atoms with Crippen LogP contribution in [-0.2, 0) is 13.1 Å². The van der Waals surface area contributed by atoms with E-state index in [0.717, 1.165) is 30.9 Å². The van der Waals surface area contributed by atoms with E-state index < -0.39 is 0 Å². The highest BCUT2D eigenvalue weighted by Gasteiger charge is 2.10. The molecule has 1 rings (SSSR count). The van der Waals surface area contributed by atoms with Gasteiger partial charge in [-0.25, -0.2) is 0 Å². The molecule has 0 saturated heterocycles. The summed E-state index contributed by atoms with van der Waals surface area (Å²) in [5, 5.41) is 7.86. The van der Waals surface area contributed by atoms with Crippen LogP contribution in [0.15, 0.2) is 12.2 Å². The van der Waals surface area contributed by atoms with Crippen LogP contribution in [-0.4, -0.2) is 16.3 Å². The molecule has 0 fully saturated rings. The molecule has 3 heteroatoms. The van der Waals surface area contributed by atoms with Crippen molar-refractivity contribution >= 4 is 0 Å². The Labute approximate surface area is 92.2 Å². The van der Waals surface area contributed by atoms with Gasteiger partial charge in [-0.15, -0.1) is 0 Å². The van der Waals surface area contributed by atoms with Crippen molar-refractivity contribution in [3.63, 3.8) is 0 Å². The maximum absolute atomic E-state index is 4.52. The Morgan fingerprint density at radius 1 is 1.47 bits per heavy atom. The first-order chi connectivity index (χ1) is 7.06. The molecule has 0 unspecified atom stereocenters. The van der Waals surface area contributed by atoms with Gasteiger partial charge >= 0.3 is 0 Å². The lowest BCUT2D eigenvalue weighted by Gasteiger charge is -2.05. The van der Waals surface area contributed by atoms with Gasteiger partial charge in [0.25, 0.3) is 0 Å². The van der Waals surface area contributed by atoms with E-state index >= 15 is 0 Å². The van der Waals surface area contributed by atoms with Gasteiger partial charge in [0, 0.05) is 17.8 Å². The highest BCUT2D eigenvalue weighted by atomic mass is 15.3. The Bertz CT molecular complexity index is 350. The Morgan fingerprint density at radius 3 is 2.67 bits per heavy atom. The highest BCUT2D eigenvalue weighted by Crippen LogP contribution is 2.13. The fraction of sp³-hybridized carbons (Fsp3) is 0.583. The zero-order valence-electron chi connectivity index (χ0n) is 10.2. The predicted octanol–water partition coefficient (Wildman–Crippen LogP) is 2.19. The van der Waals surface area contributed by atoms with E-state index in [1.807, 2.05) is 11.6 Å². The molecule has 0 spiro atoms. The third-order valence-corrected chi connectivity index (χ3v) is 2.50. The summed E-state index contributed by atoms with van der Waals surface area (Å²) >= 11 is 0. The third-order valence-electron chi connectivity index (χ3n) is 2.50. The zero-order valence-corrected chi connectivity index (χ0v) is 10.2. The van der Waals surface area contributed by atoms with Crippen molar-refractivity contribution in [2.45, 2.75) is 40.8 Å². The van der Waals surface area contributed by atoms with Crippen LogP contribution in [0.5, 0.6) is 0 Å². The minimum atomic E-state index is 0.818. The summed E-state index contributed by atoms with van der Waals surface area (Å²) in [6, 6.07) is 0. The van der Waals surface area contributed by atoms with Gasteiger partial charge in [0.15, 0.2) is 0 Å². The molecule has 1 aromatic rings. The molecular weight excluding hydrogens is 186 g/mol. The zero-order chi connectivity index (χ0) is 11.4. The number of allylic oxidation sites excluding steroid dienone is 1. The first-order valence-corrected chi connectivity index (χ1v) is 5.44. The van der Waals surface area contributed by atoms with Crippen molar-refractivity contribution in [2.24, 2.45) is 0 Å². The van der Waals surface area contributed by atoms with E-state index in [9.17, 15) is 0 Å². The second-order valence-electron chi connectivity index (χ2n) is 4.04. The van der Waals surface area contributed by atoms with Crippen LogP contribution in [0.2, 0.25) is 0 Å². The minimum Gasteiger partial charge on any atom is -0.313 e. The van der Waals surface area contributed by atoms with Gasteiger partial charge in [-0.1, -0.05) is 19.1 Å². The maximum atomic E-state index is 4.52. The number of aryl methyl sites for hydroxylation is 1. The molecule has 0 saturated carbocycles. The smallest absolute Gasteiger partial charge is 0.0641 e. The fourth-order valence-electron chi connectivity index (χ4n) is 1.65. The van der Waals surface area contributed by atoms with Crippen molar-refractivity contribution in [1.29, 1.82) is 0 Å². The molecule has 0 aliphatic rings. The number of aromatic nitrogens is 2. The summed E-state index contributed by atoms with van der Waals surface area (Å²) in [4.78, 5) is 0. The summed E-state index contributed by atoms with van der Waals surface area (Å²) in [5.41, 5.74) is 4.82. The van der Waals surface area contributed by atoms with Crippen LogP contribution in [0.4, 0.5) is 0 Å². The summed E-state index contributed by atoms with van der Waals surface area (Å²) in [5.74, 6) is 0. The number of hydrogen-bond donors (Lipinski definition) is 1. The molecular formula is C12H21N3. The molecule has 0 amide bonds. The fourth-order valence-corrected chi connectivity index (χ4v) is 1.65. The molecule has 15 heavy (non-hydrogen) atoms. The van der Waals surface area contributed by atoms with Crippen LogP contribution in [0.25, 0.3) is 0 Å². The highest BCUT2D eigenvalue weighted by molar-refractivity contribution is 5.24. The molecule has 0 aliphatic carbocycles. The molecule has 0 aliphatic heterocycles. The topological polar surface area (TPSA) is 29.9 Å². The van der Waals surface area contributed by atoms with Gasteiger partial charge in [-0.3, -0.25) is 4.68 Å². The third kappa shape index (κ3) is 2.93. The van der Waals surface area contributed by atoms with Crippen molar-refractivity contribution in [2.75, 3.05) is 6.54 Å². The molecule has 84 valence electrons. The Morgan fingerprint density at radius 2 is 2.13 bits per heavy atom. The van der Waals surface area contributed by atoms with E-state index in [2.05, 4.69) is 37.8 Å². The van der Waals surface area contributed by atoms with E-state index in [4.69, 9.17) is 0 Å². The quantitative estimate of drug-likeness (QED) is 0.750. The van der Waals surface area contributed by atoms with Crippen LogP contribution in [0, 0.1) is 13.8 Å². The number of hydrogen-bond acceptors (Lipinski definition) is 2. The van der Waals surface area contributed by atoms with Gasteiger partial charge in [-0.2, -0.15) is 5.10 Å². The maximum Gasteiger partial charge on any atom is 0.0641 e. The van der Waals surface area contributed by atoms with Crippen molar-refractivity contribution < 1.29 is 0 Å². The summed E-state index contributed by atoms with van der Waals surface area (Å²) < 4.78 is 2.03. The Kier molecular flexibility index (Phi) is 4.09. The molecule has 1 N–H and O–H groups in total. The second kappa shape index (κ2) is 5.12. The van der Waals surface area contributed by atoms with Gasteiger partial charge in [0.05, 0.1) is 12.2 Å². The molecule has 1 aromatic heterocycles. The first kappa shape index (κ1) is 12.0. The molecule has 0 atom stereocenters. The van der Waals surface area contributed by atoms with Gasteiger partial charge in [-0.05, 0) is 27.3 Å². The standard InChI is InChI=1S/C12H21N3/c1-6-13-7-12-10(4)14-15(11(12)5)8-9(2)3/h13H,2,6-8H2,1,3-5H3. The SMILES string of the molecule is C=C(C)Cn1nc(C)c(CNCC)c1C. The normalized spacial score (nSPS) is 10.7. The van der Waals surface area contributed by atoms with Crippen LogP contribution >= 0.6 is 0 Å². The lowest BCUT2D eigenvalue weighted by molar-refractivity contribution is 0.648. The molecule has 3 nitrogen and oxygen atoms in total. The number of nitrogens with zero attached hydrogens (tertiary/aromatic N) is 2. The van der Waals surface area contributed by atoms with E-state index in [1.165, 1.54) is 11.3 Å². The number of rotatable bonds is 5. The largest absolute Gasteiger partial charge is 0.313 e. The summed E-state index contributed by atoms with van der Waals surface area (Å²) in [6.07, 6.45) is 0. The Balaban J connectivity index is 2.87. The molecule has 0 bridgehead atoms. The van der Waals surface area contributed by atoms with E-state index in [0.29, 0.717) is 0 Å². The first-order valence-electron chi connectivity index (χ1n) is 5.44. The van der Waals surface area contributed by atoms with E-state index in [-0.39, 0.29) is 0 Å². The van der Waals surface area contributed by atoms with E-state index in [1.54, 1.807) is 0 Å². The molecule has 0 aromatic carbocycles. The molecule has 0 radical (unpaired) electrons. The average molecular weight is 207 g/mol. The molecule has 1 heterocycles. The van der Waals surface area contributed by atoms with Gasteiger partial charge < -0.3 is 5.32 Å². The lowest BCUT2D eigenvalue weighted by atomic mass is 10.2. The predicted molar refractivity (Wildman–Crippen MR) is 63.9 cm³/mol. The summed E-state index contributed by atoms with van der Waals surface area (Å²) in [6.45, 7) is 15.0.